The predicted octanol–water partition coefficient (Wildman–Crippen LogP) is -1.47. The third-order valence-corrected chi connectivity index (χ3v) is 2.80. The molecule has 0 aromatic heterocycles. The van der Waals surface area contributed by atoms with E-state index in [1.54, 1.807) is 13.8 Å². The molecule has 112 valence electrons. The number of aliphatic carboxylic acids is 1. The summed E-state index contributed by atoms with van der Waals surface area (Å²) < 4.78 is 4.56. The van der Waals surface area contributed by atoms with Gasteiger partial charge in [0.25, 0.3) is 5.91 Å². The summed E-state index contributed by atoms with van der Waals surface area (Å²) in [6, 6.07) is -0.714. The van der Waals surface area contributed by atoms with Crippen molar-refractivity contribution in [3.05, 3.63) is 0 Å². The topological polar surface area (TPSA) is 125 Å². The molecule has 9 nitrogen and oxygen atoms in total. The molecule has 0 aromatic carbocycles. The van der Waals surface area contributed by atoms with E-state index in [4.69, 9.17) is 5.11 Å². The fourth-order valence-electron chi connectivity index (χ4n) is 1.71. The van der Waals surface area contributed by atoms with Gasteiger partial charge in [0.2, 0.25) is 5.91 Å². The molecule has 9 heteroatoms. The first kappa shape index (κ1) is 15.9. The number of carbonyl (C=O) groups excluding carboxylic acids is 3. The van der Waals surface area contributed by atoms with E-state index in [9.17, 15) is 19.2 Å². The summed E-state index contributed by atoms with van der Waals surface area (Å²) in [7, 11) is 0. The number of nitrogens with one attached hydrogen (secondary N) is 2. The molecule has 0 bridgehead atoms. The monoisotopic (exact) mass is 287 g/mol. The van der Waals surface area contributed by atoms with Gasteiger partial charge < -0.3 is 20.1 Å². The Hall–Kier alpha value is -2.16. The molecule has 0 atom stereocenters. The number of nitrogens with zero attached hydrogens (tertiary/aromatic N) is 1. The minimum atomic E-state index is -1.21. The van der Waals surface area contributed by atoms with Crippen LogP contribution < -0.4 is 10.6 Å². The van der Waals surface area contributed by atoms with E-state index >= 15 is 0 Å². The van der Waals surface area contributed by atoms with Gasteiger partial charge in [0.05, 0.1) is 0 Å². The van der Waals surface area contributed by atoms with Crippen molar-refractivity contribution >= 4 is 23.8 Å². The smallest absolute Gasteiger partial charge is 0.329 e. The standard InChI is InChI=1S/C11H17N3O6/c1-11(2)9(18)12-3-4-14(11)10(19)13-7(15)5-20-6-8(16)17/h3-6H2,1-2H3,(H,12,18)(H,16,17)(H,13,15,19). The number of piperazine rings is 1. The molecule has 1 aliphatic heterocycles. The van der Waals surface area contributed by atoms with E-state index in [1.165, 1.54) is 4.90 Å². The highest BCUT2D eigenvalue weighted by atomic mass is 16.5. The van der Waals surface area contributed by atoms with Crippen LogP contribution in [0.4, 0.5) is 4.79 Å². The molecule has 1 saturated heterocycles. The van der Waals surface area contributed by atoms with Gasteiger partial charge in [-0.2, -0.15) is 0 Å². The lowest BCUT2D eigenvalue weighted by atomic mass is 9.99. The summed E-state index contributed by atoms with van der Waals surface area (Å²) in [4.78, 5) is 46.4. The van der Waals surface area contributed by atoms with E-state index < -0.39 is 36.7 Å². The normalized spacial score (nSPS) is 17.3. The fourth-order valence-corrected chi connectivity index (χ4v) is 1.71. The van der Waals surface area contributed by atoms with Crippen LogP contribution in [0.15, 0.2) is 0 Å². The van der Waals surface area contributed by atoms with Crippen LogP contribution in [0.2, 0.25) is 0 Å². The summed E-state index contributed by atoms with van der Waals surface area (Å²) in [5.74, 6) is -2.29. The van der Waals surface area contributed by atoms with Gasteiger partial charge in [-0.3, -0.25) is 14.9 Å². The lowest BCUT2D eigenvalue weighted by Crippen LogP contribution is -2.65. The zero-order valence-corrected chi connectivity index (χ0v) is 11.3. The Balaban J connectivity index is 2.51. The Kier molecular flexibility index (Phi) is 5.03. The number of hydrogen-bond acceptors (Lipinski definition) is 5. The van der Waals surface area contributed by atoms with Crippen LogP contribution >= 0.6 is 0 Å². The van der Waals surface area contributed by atoms with Crippen molar-refractivity contribution in [2.75, 3.05) is 26.3 Å². The van der Waals surface area contributed by atoms with Gasteiger partial charge in [-0.15, -0.1) is 0 Å². The second-order valence-corrected chi connectivity index (χ2v) is 4.71. The van der Waals surface area contributed by atoms with Crippen molar-refractivity contribution in [2.24, 2.45) is 0 Å². The van der Waals surface area contributed by atoms with Crippen molar-refractivity contribution < 1.29 is 29.0 Å². The van der Waals surface area contributed by atoms with E-state index in [0.29, 0.717) is 6.54 Å². The lowest BCUT2D eigenvalue weighted by Gasteiger charge is -2.40. The Bertz CT molecular complexity index is 434. The van der Waals surface area contributed by atoms with Crippen molar-refractivity contribution in [3.63, 3.8) is 0 Å². The molecule has 4 amide bonds. The average Bonchev–Trinajstić information content (AvgIpc) is 2.31. The van der Waals surface area contributed by atoms with E-state index in [2.05, 4.69) is 10.1 Å². The minimum absolute atomic E-state index is 0.272. The van der Waals surface area contributed by atoms with Crippen molar-refractivity contribution in [2.45, 2.75) is 19.4 Å². The van der Waals surface area contributed by atoms with Gasteiger partial charge >= 0.3 is 12.0 Å². The fraction of sp³-hybridized carbons (Fsp3) is 0.636. The van der Waals surface area contributed by atoms with Crippen LogP contribution in [0.1, 0.15) is 13.8 Å². The molecule has 1 heterocycles. The molecule has 0 radical (unpaired) electrons. The van der Waals surface area contributed by atoms with E-state index in [1.807, 2.05) is 5.32 Å². The first-order valence-electron chi connectivity index (χ1n) is 5.94. The molecule has 0 spiro atoms. The molecule has 0 aliphatic carbocycles. The number of imide groups is 1. The molecule has 0 unspecified atom stereocenters. The zero-order chi connectivity index (χ0) is 15.3. The largest absolute Gasteiger partial charge is 0.480 e. The molecule has 0 saturated carbocycles. The van der Waals surface area contributed by atoms with E-state index in [-0.39, 0.29) is 12.5 Å². The van der Waals surface area contributed by atoms with Crippen molar-refractivity contribution in [1.82, 2.24) is 15.5 Å². The molecule has 1 rings (SSSR count). The highest BCUT2D eigenvalue weighted by Crippen LogP contribution is 2.17. The molecular formula is C11H17N3O6. The van der Waals surface area contributed by atoms with Crippen molar-refractivity contribution in [1.29, 1.82) is 0 Å². The molecule has 20 heavy (non-hydrogen) atoms. The summed E-state index contributed by atoms with van der Waals surface area (Å²) in [5.41, 5.74) is -1.06. The molecule has 1 aliphatic rings. The number of amides is 4. The summed E-state index contributed by atoms with van der Waals surface area (Å²) >= 11 is 0. The maximum absolute atomic E-state index is 11.9. The second-order valence-electron chi connectivity index (χ2n) is 4.71. The third-order valence-electron chi connectivity index (χ3n) is 2.80. The van der Waals surface area contributed by atoms with Gasteiger partial charge in [0.1, 0.15) is 18.8 Å². The number of ether oxygens (including phenoxy) is 1. The lowest BCUT2D eigenvalue weighted by molar-refractivity contribution is -0.143. The van der Waals surface area contributed by atoms with Gasteiger partial charge in [-0.25, -0.2) is 9.59 Å². The quantitative estimate of drug-likeness (QED) is 0.580. The molecule has 3 N–H and O–H groups in total. The number of carbonyl (C=O) groups is 4. The summed E-state index contributed by atoms with van der Waals surface area (Å²) in [6.45, 7) is 2.53. The first-order chi connectivity index (χ1) is 9.25. The Morgan fingerprint density at radius 3 is 2.65 bits per heavy atom. The third kappa shape index (κ3) is 3.92. The van der Waals surface area contributed by atoms with Crippen LogP contribution in [0.5, 0.6) is 0 Å². The van der Waals surface area contributed by atoms with Crippen molar-refractivity contribution in [3.8, 4) is 0 Å². The highest BCUT2D eigenvalue weighted by molar-refractivity contribution is 5.98. The average molecular weight is 287 g/mol. The zero-order valence-electron chi connectivity index (χ0n) is 11.3. The van der Waals surface area contributed by atoms with Crippen LogP contribution in [0.3, 0.4) is 0 Å². The van der Waals surface area contributed by atoms with Gasteiger partial charge in [-0.1, -0.05) is 0 Å². The number of urea groups is 1. The maximum atomic E-state index is 11.9. The summed E-state index contributed by atoms with van der Waals surface area (Å²) in [5, 5.41) is 13.0. The highest BCUT2D eigenvalue weighted by Gasteiger charge is 2.40. The number of rotatable bonds is 4. The minimum Gasteiger partial charge on any atom is -0.480 e. The Labute approximate surface area is 115 Å². The van der Waals surface area contributed by atoms with Crippen LogP contribution in [0.25, 0.3) is 0 Å². The number of carboxylic acid groups (broad SMARTS) is 1. The second kappa shape index (κ2) is 6.33. The van der Waals surface area contributed by atoms with Crippen LogP contribution in [0, 0.1) is 0 Å². The van der Waals surface area contributed by atoms with Crippen LogP contribution in [-0.4, -0.2) is 65.7 Å². The van der Waals surface area contributed by atoms with Gasteiger partial charge in [0, 0.05) is 13.1 Å². The maximum Gasteiger partial charge on any atom is 0.329 e. The predicted molar refractivity (Wildman–Crippen MR) is 65.8 cm³/mol. The number of carboxylic acids is 1. The molecule has 1 fully saturated rings. The molecular weight excluding hydrogens is 270 g/mol. The Morgan fingerprint density at radius 2 is 2.05 bits per heavy atom. The first-order valence-corrected chi connectivity index (χ1v) is 5.94. The molecule has 0 aromatic rings. The van der Waals surface area contributed by atoms with Gasteiger partial charge in [0.15, 0.2) is 0 Å². The number of hydrogen-bond donors (Lipinski definition) is 3. The Morgan fingerprint density at radius 1 is 1.40 bits per heavy atom. The van der Waals surface area contributed by atoms with Gasteiger partial charge in [-0.05, 0) is 13.8 Å². The summed E-state index contributed by atoms with van der Waals surface area (Å²) in [6.07, 6.45) is 0. The van der Waals surface area contributed by atoms with E-state index in [0.717, 1.165) is 0 Å². The SMILES string of the molecule is CC1(C)C(=O)NCCN1C(=O)NC(=O)COCC(=O)O. The van der Waals surface area contributed by atoms with Crippen LogP contribution in [-0.2, 0) is 19.1 Å².